The Kier molecular flexibility index (Phi) is 5.41. The first-order chi connectivity index (χ1) is 19.1. The first-order valence-corrected chi connectivity index (χ1v) is 12.1. The summed E-state index contributed by atoms with van der Waals surface area (Å²) < 4.78 is 14.0. The number of aromatic carboxylic acids is 2. The van der Waals surface area contributed by atoms with Gasteiger partial charge in [-0.05, 0) is 68.1 Å². The van der Waals surface area contributed by atoms with Crippen molar-refractivity contribution < 1.29 is 33.8 Å². The van der Waals surface area contributed by atoms with Gasteiger partial charge in [0.1, 0.15) is 5.82 Å². The summed E-state index contributed by atoms with van der Waals surface area (Å²) in [4.78, 5) is 51.4. The topological polar surface area (TPSA) is 161 Å². The van der Waals surface area contributed by atoms with Gasteiger partial charge in [0, 0.05) is 10.8 Å². The molecule has 0 spiro atoms. The van der Waals surface area contributed by atoms with E-state index >= 15 is 0 Å². The third kappa shape index (κ3) is 3.45. The highest BCUT2D eigenvalue weighted by Gasteiger charge is 2.33. The highest BCUT2D eigenvalue weighted by Crippen LogP contribution is 2.46. The van der Waals surface area contributed by atoms with Crippen LogP contribution in [0.3, 0.4) is 0 Å². The molecule has 0 aliphatic heterocycles. The Labute approximate surface area is 224 Å². The Balaban J connectivity index is 2.00. The average Bonchev–Trinajstić information content (AvgIpc) is 2.89. The van der Waals surface area contributed by atoms with Crippen LogP contribution >= 0.6 is 0 Å². The van der Waals surface area contributed by atoms with Crippen molar-refractivity contribution in [3.05, 3.63) is 106 Å². The molecule has 0 saturated carbocycles. The minimum Gasteiger partial charge on any atom is -0.478 e. The van der Waals surface area contributed by atoms with Gasteiger partial charge in [0.2, 0.25) is 11.8 Å². The van der Waals surface area contributed by atoms with Crippen molar-refractivity contribution in [2.24, 2.45) is 11.5 Å². The van der Waals surface area contributed by atoms with E-state index in [1.165, 1.54) is 18.2 Å². The normalized spacial score (nSPS) is 11.5. The van der Waals surface area contributed by atoms with E-state index in [1.54, 1.807) is 30.3 Å². The summed E-state index contributed by atoms with van der Waals surface area (Å²) in [6, 6.07) is 18.0. The number of fused-ring (bicyclic) bond motifs is 2. The third-order valence-corrected chi connectivity index (χ3v) is 7.33. The van der Waals surface area contributed by atoms with Crippen LogP contribution in [0.15, 0.2) is 66.7 Å². The minimum atomic E-state index is -1.66. The van der Waals surface area contributed by atoms with Crippen LogP contribution in [0.5, 0.6) is 0 Å². The predicted octanol–water partition coefficient (Wildman–Crippen LogP) is 5.06. The largest absolute Gasteiger partial charge is 0.478 e. The molecule has 0 bridgehead atoms. The molecule has 6 aromatic carbocycles. The molecule has 0 aliphatic rings. The SMILES string of the molecule is NC(=O)c1c(C(=O)O)c2c(C(=O)O)c(Cc3cccc(F)c3)cc3c4cccc5cccc(c(c1C(N)=O)c23)c54. The second-order valence-corrected chi connectivity index (χ2v) is 9.56. The first-order valence-electron chi connectivity index (χ1n) is 12.1. The zero-order valence-electron chi connectivity index (χ0n) is 20.6. The summed E-state index contributed by atoms with van der Waals surface area (Å²) in [6.45, 7) is 0. The lowest BCUT2D eigenvalue weighted by Crippen LogP contribution is -2.25. The molecule has 0 unspecified atom stereocenters. The molecule has 0 aliphatic carbocycles. The number of carboxylic acid groups (broad SMARTS) is 2. The molecule has 0 heterocycles. The molecule has 6 aromatic rings. The standard InChI is InChI=1S/C31H19FN2O6/c32-16-7-1-4-13(11-16)10-15-12-19-17-8-2-5-14-6-3-9-18(20(14)17)22-23(19)24(21(15)30(37)38)27(31(39)40)26(29(34)36)25(22)28(33)35/h1-9,11-12H,10H2,(H2,33,35)(H2,34,36)(H,37,38)(H,39,40). The Morgan fingerprint density at radius 3 is 1.85 bits per heavy atom. The zero-order valence-corrected chi connectivity index (χ0v) is 20.6. The van der Waals surface area contributed by atoms with E-state index in [0.29, 0.717) is 27.1 Å². The average molecular weight is 534 g/mol. The molecule has 6 rings (SSSR count). The summed E-state index contributed by atoms with van der Waals surface area (Å²) in [6.07, 6.45) is -0.0577. The summed E-state index contributed by atoms with van der Waals surface area (Å²) >= 11 is 0. The van der Waals surface area contributed by atoms with E-state index in [2.05, 4.69) is 0 Å². The number of primary amides is 2. The lowest BCUT2D eigenvalue weighted by atomic mass is 9.79. The lowest BCUT2D eigenvalue weighted by Gasteiger charge is -2.23. The molecule has 6 N–H and O–H groups in total. The molecular weight excluding hydrogens is 515 g/mol. The number of nitrogens with two attached hydrogens (primary N) is 2. The van der Waals surface area contributed by atoms with Crippen LogP contribution in [-0.2, 0) is 6.42 Å². The monoisotopic (exact) mass is 534 g/mol. The van der Waals surface area contributed by atoms with E-state index in [0.717, 1.165) is 5.39 Å². The maximum absolute atomic E-state index is 14.0. The fraction of sp³-hybridized carbons (Fsp3) is 0.0323. The van der Waals surface area contributed by atoms with Crippen LogP contribution in [0.1, 0.15) is 52.6 Å². The molecule has 8 nitrogen and oxygen atoms in total. The van der Waals surface area contributed by atoms with Crippen molar-refractivity contribution in [1.29, 1.82) is 0 Å². The fourth-order valence-electron chi connectivity index (χ4n) is 5.96. The van der Waals surface area contributed by atoms with Crippen molar-refractivity contribution in [2.45, 2.75) is 6.42 Å². The van der Waals surface area contributed by atoms with Gasteiger partial charge in [-0.15, -0.1) is 0 Å². The molecule has 9 heteroatoms. The molecule has 40 heavy (non-hydrogen) atoms. The van der Waals surface area contributed by atoms with E-state index < -0.39 is 51.8 Å². The van der Waals surface area contributed by atoms with Gasteiger partial charge in [-0.3, -0.25) is 9.59 Å². The van der Waals surface area contributed by atoms with E-state index in [1.807, 2.05) is 18.2 Å². The van der Waals surface area contributed by atoms with Crippen LogP contribution in [0.25, 0.3) is 43.1 Å². The van der Waals surface area contributed by atoms with E-state index in [-0.39, 0.29) is 28.1 Å². The lowest BCUT2D eigenvalue weighted by molar-refractivity contribution is 0.0693. The van der Waals surface area contributed by atoms with Gasteiger partial charge in [0.05, 0.1) is 22.3 Å². The second-order valence-electron chi connectivity index (χ2n) is 9.56. The number of benzene rings is 6. The second kappa shape index (κ2) is 8.74. The van der Waals surface area contributed by atoms with Crippen molar-refractivity contribution in [3.8, 4) is 0 Å². The predicted molar refractivity (Wildman–Crippen MR) is 148 cm³/mol. The Hall–Kier alpha value is -5.57. The molecule has 0 aromatic heterocycles. The smallest absolute Gasteiger partial charge is 0.337 e. The van der Waals surface area contributed by atoms with Crippen molar-refractivity contribution >= 4 is 66.8 Å². The summed E-state index contributed by atoms with van der Waals surface area (Å²) in [5.74, 6) is -5.98. The van der Waals surface area contributed by atoms with E-state index in [4.69, 9.17) is 11.5 Å². The minimum absolute atomic E-state index is 0.0577. The van der Waals surface area contributed by atoms with Crippen LogP contribution in [0.2, 0.25) is 0 Å². The molecule has 0 atom stereocenters. The highest BCUT2D eigenvalue weighted by molar-refractivity contribution is 6.40. The van der Waals surface area contributed by atoms with E-state index in [9.17, 15) is 33.8 Å². The number of rotatable bonds is 6. The van der Waals surface area contributed by atoms with Crippen molar-refractivity contribution in [3.63, 3.8) is 0 Å². The highest BCUT2D eigenvalue weighted by atomic mass is 19.1. The Morgan fingerprint density at radius 1 is 0.625 bits per heavy atom. The zero-order chi connectivity index (χ0) is 28.5. The number of halogens is 1. The van der Waals surface area contributed by atoms with Gasteiger partial charge in [-0.1, -0.05) is 48.5 Å². The molecule has 0 fully saturated rings. The quantitative estimate of drug-likeness (QED) is 0.172. The molecular formula is C31H19FN2O6. The number of carbonyl (C=O) groups excluding carboxylic acids is 2. The Bertz CT molecular complexity index is 2110. The maximum atomic E-state index is 14.0. The van der Waals surface area contributed by atoms with Gasteiger partial charge in [0.15, 0.2) is 0 Å². The Morgan fingerprint density at radius 2 is 1.25 bits per heavy atom. The van der Waals surface area contributed by atoms with Crippen LogP contribution in [-0.4, -0.2) is 34.0 Å². The first kappa shape index (κ1) is 24.7. The van der Waals surface area contributed by atoms with Gasteiger partial charge < -0.3 is 21.7 Å². The van der Waals surface area contributed by atoms with Gasteiger partial charge in [0.25, 0.3) is 0 Å². The molecule has 2 amide bonds. The van der Waals surface area contributed by atoms with Gasteiger partial charge in [-0.2, -0.15) is 0 Å². The number of carbonyl (C=O) groups is 4. The van der Waals surface area contributed by atoms with Gasteiger partial charge >= 0.3 is 11.9 Å². The number of hydrogen-bond acceptors (Lipinski definition) is 4. The fourth-order valence-corrected chi connectivity index (χ4v) is 5.96. The summed E-state index contributed by atoms with van der Waals surface area (Å²) in [5.41, 5.74) is 9.87. The number of amides is 2. The van der Waals surface area contributed by atoms with Crippen LogP contribution in [0, 0.1) is 5.82 Å². The number of hydrogen-bond donors (Lipinski definition) is 4. The van der Waals surface area contributed by atoms with Crippen LogP contribution in [0.4, 0.5) is 4.39 Å². The van der Waals surface area contributed by atoms with Crippen molar-refractivity contribution in [1.82, 2.24) is 0 Å². The molecule has 196 valence electrons. The molecule has 0 saturated heterocycles. The summed E-state index contributed by atoms with van der Waals surface area (Å²) in [5, 5.41) is 23.9. The third-order valence-electron chi connectivity index (χ3n) is 7.33. The summed E-state index contributed by atoms with van der Waals surface area (Å²) in [7, 11) is 0. The van der Waals surface area contributed by atoms with Gasteiger partial charge in [-0.25, -0.2) is 14.0 Å². The van der Waals surface area contributed by atoms with Crippen LogP contribution < -0.4 is 11.5 Å². The molecule has 0 radical (unpaired) electrons. The van der Waals surface area contributed by atoms with Crippen molar-refractivity contribution in [2.75, 3.05) is 0 Å². The number of carboxylic acids is 2. The maximum Gasteiger partial charge on any atom is 0.337 e.